The van der Waals surface area contributed by atoms with E-state index in [2.05, 4.69) is 5.32 Å². The van der Waals surface area contributed by atoms with E-state index in [0.29, 0.717) is 28.6 Å². The van der Waals surface area contributed by atoms with Gasteiger partial charge in [-0.15, -0.1) is 0 Å². The second-order valence-electron chi connectivity index (χ2n) is 9.47. The summed E-state index contributed by atoms with van der Waals surface area (Å²) in [4.78, 5) is 28.2. The van der Waals surface area contributed by atoms with E-state index in [9.17, 15) is 18.0 Å². The number of halogens is 2. The molecule has 0 heterocycles. The zero-order valence-electron chi connectivity index (χ0n) is 22.8. The SMILES string of the molecule is CCc1ccc(N(CCCC(=O)N(Cc2ccc(Cl)c(Cl)c2)[C@H](CC)C(=O)N[C@H](C)CC)S(C)(=O)=O)cc1. The van der Waals surface area contributed by atoms with Gasteiger partial charge in [-0.1, -0.05) is 62.2 Å². The van der Waals surface area contributed by atoms with Crippen LogP contribution in [0.2, 0.25) is 10.0 Å². The molecule has 0 saturated carbocycles. The molecule has 0 aromatic heterocycles. The number of hydrogen-bond acceptors (Lipinski definition) is 4. The first-order chi connectivity index (χ1) is 17.9. The van der Waals surface area contributed by atoms with E-state index in [1.54, 1.807) is 35.2 Å². The molecule has 38 heavy (non-hydrogen) atoms. The van der Waals surface area contributed by atoms with Gasteiger partial charge in [0.05, 0.1) is 22.0 Å². The van der Waals surface area contributed by atoms with E-state index in [1.807, 2.05) is 39.8 Å². The minimum absolute atomic E-state index is 0.0269. The van der Waals surface area contributed by atoms with Gasteiger partial charge in [-0.2, -0.15) is 0 Å². The molecule has 0 aliphatic heterocycles. The van der Waals surface area contributed by atoms with E-state index in [1.165, 1.54) is 4.31 Å². The lowest BCUT2D eigenvalue weighted by atomic mass is 10.1. The summed E-state index contributed by atoms with van der Waals surface area (Å²) >= 11 is 12.3. The van der Waals surface area contributed by atoms with Crippen LogP contribution >= 0.6 is 23.2 Å². The number of carbonyl (C=O) groups excluding carboxylic acids is 2. The van der Waals surface area contributed by atoms with Crippen LogP contribution in [0.15, 0.2) is 42.5 Å². The summed E-state index contributed by atoms with van der Waals surface area (Å²) in [5.74, 6) is -0.457. The molecule has 0 bridgehead atoms. The Morgan fingerprint density at radius 1 is 0.947 bits per heavy atom. The molecular weight excluding hydrogens is 545 g/mol. The first-order valence-electron chi connectivity index (χ1n) is 13.0. The molecule has 2 atom stereocenters. The Morgan fingerprint density at radius 3 is 2.11 bits per heavy atom. The fourth-order valence-electron chi connectivity index (χ4n) is 4.10. The number of rotatable bonds is 14. The molecule has 2 aromatic carbocycles. The number of benzene rings is 2. The topological polar surface area (TPSA) is 86.8 Å². The largest absolute Gasteiger partial charge is 0.352 e. The maximum atomic E-state index is 13.5. The second-order valence-corrected chi connectivity index (χ2v) is 12.2. The van der Waals surface area contributed by atoms with Crippen molar-refractivity contribution in [1.29, 1.82) is 0 Å². The Labute approximate surface area is 237 Å². The summed E-state index contributed by atoms with van der Waals surface area (Å²) in [6.07, 6.45) is 3.57. The number of nitrogens with zero attached hydrogens (tertiary/aromatic N) is 2. The van der Waals surface area contributed by atoms with Gasteiger partial charge in [-0.3, -0.25) is 13.9 Å². The smallest absolute Gasteiger partial charge is 0.243 e. The van der Waals surface area contributed by atoms with Crippen LogP contribution in [0.5, 0.6) is 0 Å². The number of nitrogens with one attached hydrogen (secondary N) is 1. The molecule has 0 unspecified atom stereocenters. The molecule has 0 fully saturated rings. The van der Waals surface area contributed by atoms with Crippen LogP contribution in [0.25, 0.3) is 0 Å². The van der Waals surface area contributed by atoms with Gasteiger partial charge in [0.2, 0.25) is 21.8 Å². The van der Waals surface area contributed by atoms with Crippen molar-refractivity contribution in [2.45, 2.75) is 78.4 Å². The summed E-state index contributed by atoms with van der Waals surface area (Å²) in [7, 11) is -3.55. The molecule has 0 aliphatic rings. The zero-order chi connectivity index (χ0) is 28.5. The minimum Gasteiger partial charge on any atom is -0.352 e. The van der Waals surface area contributed by atoms with Crippen molar-refractivity contribution >= 4 is 50.7 Å². The molecule has 2 rings (SSSR count). The molecule has 10 heteroatoms. The van der Waals surface area contributed by atoms with Gasteiger partial charge in [-0.25, -0.2) is 8.42 Å². The van der Waals surface area contributed by atoms with Crippen LogP contribution in [-0.2, 0) is 32.6 Å². The summed E-state index contributed by atoms with van der Waals surface area (Å²) in [6, 6.07) is 11.8. The molecule has 1 N–H and O–H groups in total. The van der Waals surface area contributed by atoms with Crippen LogP contribution in [0.1, 0.15) is 64.5 Å². The number of sulfonamides is 1. The lowest BCUT2D eigenvalue weighted by Crippen LogP contribution is -2.50. The second kappa shape index (κ2) is 14.8. The minimum atomic E-state index is -3.55. The first-order valence-corrected chi connectivity index (χ1v) is 15.6. The zero-order valence-corrected chi connectivity index (χ0v) is 25.2. The number of anilines is 1. The van der Waals surface area contributed by atoms with E-state index >= 15 is 0 Å². The van der Waals surface area contributed by atoms with Crippen molar-refractivity contribution in [1.82, 2.24) is 10.2 Å². The van der Waals surface area contributed by atoms with Crippen LogP contribution in [-0.4, -0.2) is 50.0 Å². The number of aryl methyl sites for hydroxylation is 1. The molecule has 7 nitrogen and oxygen atoms in total. The molecule has 0 saturated heterocycles. The number of carbonyl (C=O) groups is 2. The summed E-state index contributed by atoms with van der Waals surface area (Å²) in [6.45, 7) is 8.12. The Hall–Kier alpha value is -2.29. The average Bonchev–Trinajstić information content (AvgIpc) is 2.87. The summed E-state index contributed by atoms with van der Waals surface area (Å²) in [5.41, 5.74) is 2.41. The Balaban J connectivity index is 2.24. The Bertz CT molecular complexity index is 1190. The van der Waals surface area contributed by atoms with Crippen molar-refractivity contribution in [3.8, 4) is 0 Å². The molecule has 2 aromatic rings. The maximum Gasteiger partial charge on any atom is 0.243 e. The van der Waals surface area contributed by atoms with Gasteiger partial charge >= 0.3 is 0 Å². The highest BCUT2D eigenvalue weighted by molar-refractivity contribution is 7.92. The summed E-state index contributed by atoms with van der Waals surface area (Å²) in [5, 5.41) is 3.75. The van der Waals surface area contributed by atoms with E-state index in [-0.39, 0.29) is 37.4 Å². The molecule has 0 spiro atoms. The van der Waals surface area contributed by atoms with Crippen molar-refractivity contribution in [2.24, 2.45) is 0 Å². The fraction of sp³-hybridized carbons (Fsp3) is 0.500. The highest BCUT2D eigenvalue weighted by Crippen LogP contribution is 2.25. The normalized spacial score (nSPS) is 13.0. The number of amides is 2. The monoisotopic (exact) mass is 583 g/mol. The van der Waals surface area contributed by atoms with Crippen LogP contribution in [0.4, 0.5) is 5.69 Å². The van der Waals surface area contributed by atoms with Gasteiger partial charge in [-0.05, 0) is 68.0 Å². The summed E-state index contributed by atoms with van der Waals surface area (Å²) < 4.78 is 26.4. The Morgan fingerprint density at radius 2 is 1.58 bits per heavy atom. The predicted octanol–water partition coefficient (Wildman–Crippen LogP) is 5.82. The first kappa shape index (κ1) is 31.9. The number of hydrogen-bond donors (Lipinski definition) is 1. The maximum absolute atomic E-state index is 13.5. The third-order valence-corrected chi connectivity index (χ3v) is 8.44. The van der Waals surface area contributed by atoms with Crippen molar-refractivity contribution in [3.05, 3.63) is 63.6 Å². The lowest BCUT2D eigenvalue weighted by Gasteiger charge is -2.32. The lowest BCUT2D eigenvalue weighted by molar-refractivity contribution is -0.141. The van der Waals surface area contributed by atoms with Crippen LogP contribution in [0.3, 0.4) is 0 Å². The third-order valence-electron chi connectivity index (χ3n) is 6.51. The molecule has 0 radical (unpaired) electrons. The third kappa shape index (κ3) is 9.17. The van der Waals surface area contributed by atoms with Crippen LogP contribution < -0.4 is 9.62 Å². The van der Waals surface area contributed by atoms with E-state index in [0.717, 1.165) is 30.2 Å². The Kier molecular flexibility index (Phi) is 12.4. The fourth-order valence-corrected chi connectivity index (χ4v) is 5.38. The van der Waals surface area contributed by atoms with Gasteiger partial charge in [0.1, 0.15) is 6.04 Å². The van der Waals surface area contributed by atoms with Crippen molar-refractivity contribution in [3.63, 3.8) is 0 Å². The standard InChI is InChI=1S/C28H39Cl2N3O4S/c1-6-20(4)31-28(35)26(8-3)32(19-22-13-16-24(29)25(30)18-22)27(34)10-9-17-33(38(5,36)37)23-14-11-21(7-2)12-15-23/h11-16,18,20,26H,6-10,17,19H2,1-5H3,(H,31,35)/t20-,26-/m1/s1. The van der Waals surface area contributed by atoms with Gasteiger partial charge in [0, 0.05) is 25.6 Å². The molecule has 210 valence electrons. The van der Waals surface area contributed by atoms with Crippen LogP contribution in [0, 0.1) is 0 Å². The van der Waals surface area contributed by atoms with Crippen molar-refractivity contribution in [2.75, 3.05) is 17.1 Å². The van der Waals surface area contributed by atoms with E-state index in [4.69, 9.17) is 23.2 Å². The van der Waals surface area contributed by atoms with E-state index < -0.39 is 16.1 Å². The van der Waals surface area contributed by atoms with Crippen molar-refractivity contribution < 1.29 is 18.0 Å². The molecule has 0 aliphatic carbocycles. The van der Waals surface area contributed by atoms with Gasteiger partial charge in [0.15, 0.2) is 0 Å². The highest BCUT2D eigenvalue weighted by Gasteiger charge is 2.29. The quantitative estimate of drug-likeness (QED) is 0.303. The molecule has 2 amide bonds. The molecular formula is C28H39Cl2N3O4S. The predicted molar refractivity (Wildman–Crippen MR) is 156 cm³/mol. The van der Waals surface area contributed by atoms with Gasteiger partial charge in [0.25, 0.3) is 0 Å². The van der Waals surface area contributed by atoms with Gasteiger partial charge < -0.3 is 10.2 Å². The average molecular weight is 585 g/mol. The highest BCUT2D eigenvalue weighted by atomic mass is 35.5.